The number of benzene rings is 2. The Morgan fingerprint density at radius 3 is 2.78 bits per heavy atom. The highest BCUT2D eigenvalue weighted by atomic mass is 79.9. The number of rotatable bonds is 4. The number of nitrogens with zero attached hydrogens (tertiary/aromatic N) is 2. The van der Waals surface area contributed by atoms with Crippen LogP contribution in [0, 0.1) is 0 Å². The first-order valence-corrected chi connectivity index (χ1v) is 9.03. The van der Waals surface area contributed by atoms with Crippen LogP contribution in [0.15, 0.2) is 87.0 Å². The van der Waals surface area contributed by atoms with Crippen LogP contribution in [-0.4, -0.2) is 17.1 Å². The maximum atomic E-state index is 12.7. The molecule has 0 bridgehead atoms. The van der Waals surface area contributed by atoms with Gasteiger partial charge in [-0.05, 0) is 36.4 Å². The molecular weight excluding hydrogens is 406 g/mol. The van der Waals surface area contributed by atoms with E-state index in [1.54, 1.807) is 24.5 Å². The lowest BCUT2D eigenvalue weighted by Gasteiger charge is -2.09. The molecule has 0 radical (unpaired) electrons. The SMILES string of the molecule is O=C(N/N=C\c1ccco1)c1cc(-c2cccc(Br)c2)nc2ccccc12. The van der Waals surface area contributed by atoms with Gasteiger partial charge in [0.15, 0.2) is 0 Å². The van der Waals surface area contributed by atoms with Crippen molar-refractivity contribution in [3.05, 3.63) is 88.8 Å². The van der Waals surface area contributed by atoms with Gasteiger partial charge in [0.05, 0.1) is 29.3 Å². The Morgan fingerprint density at radius 1 is 1.07 bits per heavy atom. The fourth-order valence-corrected chi connectivity index (χ4v) is 3.14. The first kappa shape index (κ1) is 17.2. The molecule has 0 aliphatic carbocycles. The number of hydrogen-bond acceptors (Lipinski definition) is 4. The summed E-state index contributed by atoms with van der Waals surface area (Å²) in [5.41, 5.74) is 5.44. The predicted molar refractivity (Wildman–Crippen MR) is 109 cm³/mol. The van der Waals surface area contributed by atoms with Crippen molar-refractivity contribution in [3.8, 4) is 11.3 Å². The largest absolute Gasteiger partial charge is 0.463 e. The second-order valence-electron chi connectivity index (χ2n) is 5.80. The zero-order chi connectivity index (χ0) is 18.6. The first-order chi connectivity index (χ1) is 13.2. The Kier molecular flexibility index (Phi) is 4.80. The maximum absolute atomic E-state index is 12.7. The monoisotopic (exact) mass is 419 g/mol. The number of furan rings is 1. The fraction of sp³-hybridized carbons (Fsp3) is 0. The Morgan fingerprint density at radius 2 is 1.96 bits per heavy atom. The molecule has 0 saturated heterocycles. The zero-order valence-electron chi connectivity index (χ0n) is 14.1. The summed E-state index contributed by atoms with van der Waals surface area (Å²) < 4.78 is 6.11. The molecule has 6 heteroatoms. The first-order valence-electron chi connectivity index (χ1n) is 8.23. The molecule has 0 saturated carbocycles. The number of fused-ring (bicyclic) bond motifs is 1. The second kappa shape index (κ2) is 7.55. The van der Waals surface area contributed by atoms with Crippen LogP contribution < -0.4 is 5.43 Å². The molecule has 1 N–H and O–H groups in total. The van der Waals surface area contributed by atoms with Gasteiger partial charge < -0.3 is 4.42 Å². The average molecular weight is 420 g/mol. The number of nitrogens with one attached hydrogen (secondary N) is 1. The molecule has 132 valence electrons. The van der Waals surface area contributed by atoms with Crippen LogP contribution in [0.2, 0.25) is 0 Å². The number of carbonyl (C=O) groups is 1. The molecule has 0 aliphatic rings. The fourth-order valence-electron chi connectivity index (χ4n) is 2.74. The number of amides is 1. The Hall–Kier alpha value is -3.25. The van der Waals surface area contributed by atoms with Gasteiger partial charge in [0.2, 0.25) is 0 Å². The summed E-state index contributed by atoms with van der Waals surface area (Å²) >= 11 is 3.47. The number of halogens is 1. The summed E-state index contributed by atoms with van der Waals surface area (Å²) in [5.74, 6) is 0.248. The van der Waals surface area contributed by atoms with Gasteiger partial charge in [-0.25, -0.2) is 10.4 Å². The molecule has 2 aromatic carbocycles. The number of carbonyl (C=O) groups excluding carboxylic acids is 1. The quantitative estimate of drug-likeness (QED) is 0.372. The van der Waals surface area contributed by atoms with Crippen molar-refractivity contribution in [2.75, 3.05) is 0 Å². The highest BCUT2D eigenvalue weighted by Crippen LogP contribution is 2.26. The third-order valence-electron chi connectivity index (χ3n) is 3.98. The lowest BCUT2D eigenvalue weighted by atomic mass is 10.0. The molecule has 2 heterocycles. The average Bonchev–Trinajstić information content (AvgIpc) is 3.20. The van der Waals surface area contributed by atoms with Crippen LogP contribution in [0.3, 0.4) is 0 Å². The van der Waals surface area contributed by atoms with Crippen molar-refractivity contribution in [2.45, 2.75) is 0 Å². The molecule has 0 fully saturated rings. The van der Waals surface area contributed by atoms with E-state index < -0.39 is 0 Å². The molecule has 0 unspecified atom stereocenters. The van der Waals surface area contributed by atoms with Crippen molar-refractivity contribution < 1.29 is 9.21 Å². The van der Waals surface area contributed by atoms with E-state index in [1.807, 2.05) is 48.5 Å². The minimum absolute atomic E-state index is 0.312. The van der Waals surface area contributed by atoms with Gasteiger partial charge in [0.1, 0.15) is 5.76 Å². The zero-order valence-corrected chi connectivity index (χ0v) is 15.7. The predicted octanol–water partition coefficient (Wildman–Crippen LogP) is 5.02. The summed E-state index contributed by atoms with van der Waals surface area (Å²) in [7, 11) is 0. The number of hydrazone groups is 1. The van der Waals surface area contributed by atoms with E-state index in [0.717, 1.165) is 26.6 Å². The van der Waals surface area contributed by atoms with Crippen molar-refractivity contribution >= 4 is 39.0 Å². The van der Waals surface area contributed by atoms with Gasteiger partial charge in [-0.15, -0.1) is 0 Å². The summed E-state index contributed by atoms with van der Waals surface area (Å²) in [6, 6.07) is 20.6. The van der Waals surface area contributed by atoms with Crippen LogP contribution in [0.25, 0.3) is 22.2 Å². The lowest BCUT2D eigenvalue weighted by Crippen LogP contribution is -2.18. The van der Waals surface area contributed by atoms with E-state index in [0.29, 0.717) is 11.3 Å². The van der Waals surface area contributed by atoms with E-state index in [1.165, 1.54) is 6.21 Å². The van der Waals surface area contributed by atoms with Crippen molar-refractivity contribution in [2.24, 2.45) is 5.10 Å². The van der Waals surface area contributed by atoms with Crippen molar-refractivity contribution in [1.82, 2.24) is 10.4 Å². The highest BCUT2D eigenvalue weighted by molar-refractivity contribution is 9.10. The van der Waals surface area contributed by atoms with Crippen LogP contribution in [0.1, 0.15) is 16.1 Å². The summed E-state index contributed by atoms with van der Waals surface area (Å²) in [5, 5.41) is 4.73. The molecule has 1 amide bonds. The van der Waals surface area contributed by atoms with E-state index in [-0.39, 0.29) is 5.91 Å². The Balaban J connectivity index is 1.73. The molecule has 0 spiro atoms. The van der Waals surface area contributed by atoms with Gasteiger partial charge in [0.25, 0.3) is 5.91 Å². The molecule has 0 aliphatic heterocycles. The van der Waals surface area contributed by atoms with Gasteiger partial charge in [0, 0.05) is 15.4 Å². The smallest absolute Gasteiger partial charge is 0.272 e. The van der Waals surface area contributed by atoms with Gasteiger partial charge in [-0.2, -0.15) is 5.10 Å². The maximum Gasteiger partial charge on any atom is 0.272 e. The third-order valence-corrected chi connectivity index (χ3v) is 4.48. The Labute approximate surface area is 163 Å². The van der Waals surface area contributed by atoms with E-state index in [2.05, 4.69) is 26.5 Å². The minimum atomic E-state index is -0.312. The lowest BCUT2D eigenvalue weighted by molar-refractivity contribution is 0.0956. The standard InChI is InChI=1S/C21H14BrN3O2/c22-15-6-3-5-14(11-15)20-12-18(17-8-1-2-9-19(17)24-20)21(26)25-23-13-16-7-4-10-27-16/h1-13H,(H,25,26)/b23-13-. The van der Waals surface area contributed by atoms with Gasteiger partial charge in [-0.1, -0.05) is 46.3 Å². The molecule has 4 rings (SSSR count). The van der Waals surface area contributed by atoms with Gasteiger partial charge >= 0.3 is 0 Å². The molecule has 4 aromatic rings. The topological polar surface area (TPSA) is 67.5 Å². The molecular formula is C21H14BrN3O2. The number of aromatic nitrogens is 1. The highest BCUT2D eigenvalue weighted by Gasteiger charge is 2.13. The van der Waals surface area contributed by atoms with E-state index in [9.17, 15) is 4.79 Å². The molecule has 27 heavy (non-hydrogen) atoms. The van der Waals surface area contributed by atoms with Crippen molar-refractivity contribution in [1.29, 1.82) is 0 Å². The van der Waals surface area contributed by atoms with E-state index >= 15 is 0 Å². The molecule has 0 atom stereocenters. The number of hydrogen-bond donors (Lipinski definition) is 1. The van der Waals surface area contributed by atoms with Crippen LogP contribution in [0.4, 0.5) is 0 Å². The number of pyridine rings is 1. The second-order valence-corrected chi connectivity index (χ2v) is 6.71. The van der Waals surface area contributed by atoms with Gasteiger partial charge in [-0.3, -0.25) is 4.79 Å². The van der Waals surface area contributed by atoms with Crippen LogP contribution >= 0.6 is 15.9 Å². The third kappa shape index (κ3) is 3.80. The Bertz CT molecular complexity index is 1140. The normalized spacial score (nSPS) is 11.1. The summed E-state index contributed by atoms with van der Waals surface area (Å²) in [4.78, 5) is 17.4. The van der Waals surface area contributed by atoms with Crippen molar-refractivity contribution in [3.63, 3.8) is 0 Å². The minimum Gasteiger partial charge on any atom is -0.463 e. The van der Waals surface area contributed by atoms with Crippen LogP contribution in [0.5, 0.6) is 0 Å². The summed E-state index contributed by atoms with van der Waals surface area (Å²) in [6.07, 6.45) is 3.00. The molecule has 2 aromatic heterocycles. The van der Waals surface area contributed by atoms with Crippen LogP contribution in [-0.2, 0) is 0 Å². The molecule has 5 nitrogen and oxygen atoms in total. The summed E-state index contributed by atoms with van der Waals surface area (Å²) in [6.45, 7) is 0. The van der Waals surface area contributed by atoms with E-state index in [4.69, 9.17) is 9.40 Å². The number of para-hydroxylation sites is 1.